The highest BCUT2D eigenvalue weighted by atomic mass is 19.1. The summed E-state index contributed by atoms with van der Waals surface area (Å²) in [6, 6.07) is 8.63. The average Bonchev–Trinajstić information content (AvgIpc) is 3.03. The zero-order valence-electron chi connectivity index (χ0n) is 12.9. The highest BCUT2D eigenvalue weighted by Crippen LogP contribution is 2.37. The van der Waals surface area contributed by atoms with Crippen molar-refractivity contribution in [3.8, 4) is 17.2 Å². The van der Waals surface area contributed by atoms with E-state index in [9.17, 15) is 9.18 Å². The first kappa shape index (κ1) is 15.8. The third-order valence-corrected chi connectivity index (χ3v) is 3.28. The zero-order chi connectivity index (χ0) is 16.9. The number of carbonyl (C=O) groups is 1. The lowest BCUT2D eigenvalue weighted by molar-refractivity contribution is 0.0955. The molecule has 1 aliphatic heterocycles. The van der Waals surface area contributed by atoms with Crippen LogP contribution >= 0.6 is 0 Å². The Morgan fingerprint density at radius 1 is 1.29 bits per heavy atom. The van der Waals surface area contributed by atoms with Gasteiger partial charge >= 0.3 is 0 Å². The molecule has 0 bridgehead atoms. The molecule has 0 atom stereocenters. The van der Waals surface area contributed by atoms with Crippen LogP contribution in [0.1, 0.15) is 22.8 Å². The van der Waals surface area contributed by atoms with Gasteiger partial charge in [-0.15, -0.1) is 0 Å². The monoisotopic (exact) mass is 330 g/mol. The lowest BCUT2D eigenvalue weighted by Gasteiger charge is -2.08. The molecular weight excluding hydrogens is 315 g/mol. The van der Waals surface area contributed by atoms with Crippen molar-refractivity contribution in [3.05, 3.63) is 53.3 Å². The Morgan fingerprint density at radius 2 is 2.00 bits per heavy atom. The van der Waals surface area contributed by atoms with Gasteiger partial charge in [0.05, 0.1) is 12.8 Å². The third-order valence-electron chi connectivity index (χ3n) is 3.28. The molecule has 0 unspecified atom stereocenters. The molecule has 0 radical (unpaired) electrons. The van der Waals surface area contributed by atoms with Gasteiger partial charge in [0.1, 0.15) is 11.6 Å². The molecule has 1 N–H and O–H groups in total. The smallest absolute Gasteiger partial charge is 0.271 e. The van der Waals surface area contributed by atoms with Crippen LogP contribution in [-0.4, -0.2) is 25.5 Å². The van der Waals surface area contributed by atoms with E-state index in [-0.39, 0.29) is 6.79 Å². The SMILES string of the molecule is CCOc1cc2c(cc1/C=N/NC(=O)c1ccc(F)cc1)OCO2. The minimum Gasteiger partial charge on any atom is -0.493 e. The van der Waals surface area contributed by atoms with Crippen LogP contribution in [0.15, 0.2) is 41.5 Å². The largest absolute Gasteiger partial charge is 0.493 e. The Kier molecular flexibility index (Phi) is 4.60. The predicted octanol–water partition coefficient (Wildman–Crippen LogP) is 2.72. The van der Waals surface area contributed by atoms with Gasteiger partial charge < -0.3 is 14.2 Å². The van der Waals surface area contributed by atoms with Crippen LogP contribution in [-0.2, 0) is 0 Å². The fourth-order valence-corrected chi connectivity index (χ4v) is 2.15. The number of hydrogen-bond donors (Lipinski definition) is 1. The summed E-state index contributed by atoms with van der Waals surface area (Å²) in [5.41, 5.74) is 3.33. The van der Waals surface area contributed by atoms with Crippen LogP contribution in [0.5, 0.6) is 17.2 Å². The summed E-state index contributed by atoms with van der Waals surface area (Å²) in [4.78, 5) is 11.9. The Labute approximate surface area is 137 Å². The highest BCUT2D eigenvalue weighted by Gasteiger charge is 2.17. The number of carbonyl (C=O) groups excluding carboxylic acids is 1. The quantitative estimate of drug-likeness (QED) is 0.676. The topological polar surface area (TPSA) is 69.2 Å². The van der Waals surface area contributed by atoms with Crippen molar-refractivity contribution >= 4 is 12.1 Å². The number of nitrogens with one attached hydrogen (secondary N) is 1. The van der Waals surface area contributed by atoms with Crippen molar-refractivity contribution in [2.75, 3.05) is 13.4 Å². The molecule has 2 aromatic rings. The number of rotatable bonds is 5. The summed E-state index contributed by atoms with van der Waals surface area (Å²) < 4.78 is 29.0. The molecule has 124 valence electrons. The van der Waals surface area contributed by atoms with Crippen LogP contribution in [0.25, 0.3) is 0 Å². The van der Waals surface area contributed by atoms with Crippen molar-refractivity contribution in [1.82, 2.24) is 5.43 Å². The molecule has 0 saturated heterocycles. The van der Waals surface area contributed by atoms with E-state index < -0.39 is 11.7 Å². The molecule has 7 heteroatoms. The van der Waals surface area contributed by atoms with Gasteiger partial charge in [0.25, 0.3) is 5.91 Å². The molecule has 1 aliphatic rings. The number of nitrogens with zero attached hydrogens (tertiary/aromatic N) is 1. The van der Waals surface area contributed by atoms with Gasteiger partial charge in [-0.3, -0.25) is 4.79 Å². The van der Waals surface area contributed by atoms with E-state index >= 15 is 0 Å². The zero-order valence-corrected chi connectivity index (χ0v) is 12.9. The van der Waals surface area contributed by atoms with Crippen LogP contribution < -0.4 is 19.6 Å². The summed E-state index contributed by atoms with van der Waals surface area (Å²) >= 11 is 0. The molecule has 0 spiro atoms. The Hall–Kier alpha value is -3.09. The Bertz CT molecular complexity index is 775. The lowest BCUT2D eigenvalue weighted by atomic mass is 10.2. The molecule has 24 heavy (non-hydrogen) atoms. The van der Waals surface area contributed by atoms with E-state index in [0.29, 0.717) is 35.0 Å². The number of benzene rings is 2. The summed E-state index contributed by atoms with van der Waals surface area (Å²) in [7, 11) is 0. The van der Waals surface area contributed by atoms with Gasteiger partial charge in [0.15, 0.2) is 11.5 Å². The van der Waals surface area contributed by atoms with E-state index in [2.05, 4.69) is 10.5 Å². The minimum absolute atomic E-state index is 0.156. The molecule has 6 nitrogen and oxygen atoms in total. The maximum Gasteiger partial charge on any atom is 0.271 e. The number of halogens is 1. The van der Waals surface area contributed by atoms with E-state index in [1.165, 1.54) is 30.5 Å². The van der Waals surface area contributed by atoms with E-state index in [0.717, 1.165) is 0 Å². The number of ether oxygens (including phenoxy) is 3. The number of amides is 1. The summed E-state index contributed by atoms with van der Waals surface area (Å²) in [6.07, 6.45) is 1.45. The second-order valence-corrected chi connectivity index (χ2v) is 4.88. The molecule has 0 aromatic heterocycles. The number of hydrogen-bond acceptors (Lipinski definition) is 5. The first-order chi connectivity index (χ1) is 11.7. The molecule has 3 rings (SSSR count). The van der Waals surface area contributed by atoms with Gasteiger partial charge in [-0.1, -0.05) is 0 Å². The first-order valence-corrected chi connectivity index (χ1v) is 7.33. The minimum atomic E-state index is -0.440. The maximum atomic E-state index is 12.9. The van der Waals surface area contributed by atoms with Crippen LogP contribution in [0.4, 0.5) is 4.39 Å². The summed E-state index contributed by atoms with van der Waals surface area (Å²) in [6.45, 7) is 2.49. The van der Waals surface area contributed by atoms with Crippen molar-refractivity contribution in [3.63, 3.8) is 0 Å². The third kappa shape index (κ3) is 3.45. The standard InChI is InChI=1S/C17H15FN2O4/c1-2-22-14-8-16-15(23-10-24-16)7-12(14)9-19-20-17(21)11-3-5-13(18)6-4-11/h3-9H,2,10H2,1H3,(H,20,21)/b19-9+. The second-order valence-electron chi connectivity index (χ2n) is 4.88. The lowest BCUT2D eigenvalue weighted by Crippen LogP contribution is -2.17. The molecule has 0 aliphatic carbocycles. The van der Waals surface area contributed by atoms with Crippen molar-refractivity contribution in [2.24, 2.45) is 5.10 Å². The molecule has 1 amide bonds. The normalized spacial score (nSPS) is 12.4. The van der Waals surface area contributed by atoms with E-state index in [1.54, 1.807) is 12.1 Å². The highest BCUT2D eigenvalue weighted by molar-refractivity contribution is 5.95. The van der Waals surface area contributed by atoms with Gasteiger partial charge in [0.2, 0.25) is 6.79 Å². The molecule has 1 heterocycles. The first-order valence-electron chi connectivity index (χ1n) is 7.33. The summed E-state index contributed by atoms with van der Waals surface area (Å²) in [5.74, 6) is 0.916. The Balaban J connectivity index is 1.74. The molecule has 2 aromatic carbocycles. The fourth-order valence-electron chi connectivity index (χ4n) is 2.15. The molecular formula is C17H15FN2O4. The van der Waals surface area contributed by atoms with E-state index in [1.807, 2.05) is 6.92 Å². The molecule has 0 saturated carbocycles. The molecule has 0 fully saturated rings. The number of fused-ring (bicyclic) bond motifs is 1. The van der Waals surface area contributed by atoms with Gasteiger partial charge in [0, 0.05) is 17.2 Å². The second kappa shape index (κ2) is 6.99. The average molecular weight is 330 g/mol. The van der Waals surface area contributed by atoms with Gasteiger partial charge in [-0.05, 0) is 37.3 Å². The van der Waals surface area contributed by atoms with Gasteiger partial charge in [-0.2, -0.15) is 5.10 Å². The van der Waals surface area contributed by atoms with Crippen LogP contribution in [0.2, 0.25) is 0 Å². The van der Waals surface area contributed by atoms with E-state index in [4.69, 9.17) is 14.2 Å². The Morgan fingerprint density at radius 3 is 2.71 bits per heavy atom. The summed E-state index contributed by atoms with van der Waals surface area (Å²) in [5, 5.41) is 3.91. The van der Waals surface area contributed by atoms with Crippen LogP contribution in [0, 0.1) is 5.82 Å². The fraction of sp³-hybridized carbons (Fsp3) is 0.176. The van der Waals surface area contributed by atoms with Crippen LogP contribution in [0.3, 0.4) is 0 Å². The van der Waals surface area contributed by atoms with Crippen molar-refractivity contribution in [2.45, 2.75) is 6.92 Å². The maximum absolute atomic E-state index is 12.9. The predicted molar refractivity (Wildman–Crippen MR) is 85.2 cm³/mol. The van der Waals surface area contributed by atoms with Gasteiger partial charge in [-0.25, -0.2) is 9.82 Å². The number of hydrazone groups is 1. The van der Waals surface area contributed by atoms with Crippen molar-refractivity contribution in [1.29, 1.82) is 0 Å². The van der Waals surface area contributed by atoms with Crippen molar-refractivity contribution < 1.29 is 23.4 Å².